The Morgan fingerprint density at radius 1 is 1.50 bits per heavy atom. The van der Waals surface area contributed by atoms with Crippen LogP contribution >= 0.6 is 0 Å². The van der Waals surface area contributed by atoms with Gasteiger partial charge in [0.05, 0.1) is 19.3 Å². The number of amides is 1. The first-order valence-electron chi connectivity index (χ1n) is 7.00. The van der Waals surface area contributed by atoms with Crippen molar-refractivity contribution in [3.05, 3.63) is 29.8 Å². The lowest BCUT2D eigenvalue weighted by Crippen LogP contribution is -2.39. The van der Waals surface area contributed by atoms with Gasteiger partial charge >= 0.3 is 0 Å². The summed E-state index contributed by atoms with van der Waals surface area (Å²) in [5.41, 5.74) is 1.87. The molecule has 5 heteroatoms. The predicted octanol–water partition coefficient (Wildman–Crippen LogP) is 1.08. The van der Waals surface area contributed by atoms with Gasteiger partial charge in [0.25, 0.3) is 0 Å². The van der Waals surface area contributed by atoms with Gasteiger partial charge in [-0.05, 0) is 18.9 Å². The molecule has 1 aromatic carbocycles. The summed E-state index contributed by atoms with van der Waals surface area (Å²) < 4.78 is 4.91. The Hall–Kier alpha value is -1.59. The number of benzene rings is 1. The van der Waals surface area contributed by atoms with E-state index in [0.29, 0.717) is 19.7 Å². The quantitative estimate of drug-likeness (QED) is 0.791. The highest BCUT2D eigenvalue weighted by Gasteiger charge is 2.22. The van der Waals surface area contributed by atoms with E-state index in [1.165, 1.54) is 0 Å². The third-order valence-electron chi connectivity index (χ3n) is 3.50. The van der Waals surface area contributed by atoms with Crippen molar-refractivity contribution in [2.75, 3.05) is 38.3 Å². The second-order valence-electron chi connectivity index (χ2n) is 4.98. The summed E-state index contributed by atoms with van der Waals surface area (Å²) in [7, 11) is 1.61. The first-order valence-corrected chi connectivity index (χ1v) is 7.00. The molecule has 0 spiro atoms. The number of carbonyl (C=O) groups excluding carboxylic acids is 1. The first-order chi connectivity index (χ1) is 9.72. The van der Waals surface area contributed by atoms with Crippen LogP contribution in [-0.4, -0.2) is 44.4 Å². The highest BCUT2D eigenvalue weighted by Crippen LogP contribution is 2.32. The van der Waals surface area contributed by atoms with Crippen molar-refractivity contribution in [3.8, 4) is 0 Å². The molecular formula is C15H22N2O3. The summed E-state index contributed by atoms with van der Waals surface area (Å²) in [4.78, 5) is 14.0. The molecule has 1 amide bonds. The highest BCUT2D eigenvalue weighted by molar-refractivity contribution is 5.81. The summed E-state index contributed by atoms with van der Waals surface area (Å²) in [5, 5.41) is 12.9. The second kappa shape index (κ2) is 7.26. The molecule has 2 N–H and O–H groups in total. The van der Waals surface area contributed by atoms with Crippen LogP contribution in [-0.2, 0) is 9.53 Å². The average Bonchev–Trinajstić information content (AvgIpc) is 2.60. The molecule has 1 heterocycles. The first kappa shape index (κ1) is 14.8. The predicted molar refractivity (Wildman–Crippen MR) is 77.7 cm³/mol. The molecule has 1 aromatic rings. The molecule has 110 valence electrons. The third kappa shape index (κ3) is 3.71. The van der Waals surface area contributed by atoms with E-state index >= 15 is 0 Å². The number of nitrogens with zero attached hydrogens (tertiary/aromatic N) is 1. The maximum atomic E-state index is 11.9. The van der Waals surface area contributed by atoms with Crippen LogP contribution in [0.3, 0.4) is 0 Å². The van der Waals surface area contributed by atoms with E-state index in [-0.39, 0.29) is 5.91 Å². The van der Waals surface area contributed by atoms with Crippen LogP contribution < -0.4 is 10.2 Å². The lowest BCUT2D eigenvalue weighted by molar-refractivity contribution is -0.119. The Labute approximate surface area is 119 Å². The summed E-state index contributed by atoms with van der Waals surface area (Å²) in [6, 6.07) is 7.75. The van der Waals surface area contributed by atoms with E-state index in [1.54, 1.807) is 7.11 Å². The zero-order chi connectivity index (χ0) is 14.4. The van der Waals surface area contributed by atoms with Crippen molar-refractivity contribution < 1.29 is 14.6 Å². The van der Waals surface area contributed by atoms with Crippen LogP contribution in [0.1, 0.15) is 24.5 Å². The van der Waals surface area contributed by atoms with Crippen LogP contribution in [0.5, 0.6) is 0 Å². The number of anilines is 1. The van der Waals surface area contributed by atoms with Gasteiger partial charge < -0.3 is 20.1 Å². The molecule has 1 unspecified atom stereocenters. The number of carbonyl (C=O) groups is 1. The molecule has 2 rings (SSSR count). The summed E-state index contributed by atoms with van der Waals surface area (Å²) >= 11 is 0. The Morgan fingerprint density at radius 2 is 2.30 bits per heavy atom. The van der Waals surface area contributed by atoms with E-state index in [0.717, 1.165) is 30.6 Å². The molecule has 0 bridgehead atoms. The fourth-order valence-corrected chi connectivity index (χ4v) is 2.49. The van der Waals surface area contributed by atoms with Gasteiger partial charge in [-0.1, -0.05) is 18.2 Å². The third-order valence-corrected chi connectivity index (χ3v) is 3.50. The van der Waals surface area contributed by atoms with Crippen molar-refractivity contribution >= 4 is 11.6 Å². The van der Waals surface area contributed by atoms with Crippen LogP contribution in [0.15, 0.2) is 24.3 Å². The van der Waals surface area contributed by atoms with Crippen LogP contribution in [0.4, 0.5) is 5.69 Å². The number of aliphatic hydroxyl groups excluding tert-OH is 1. The zero-order valence-corrected chi connectivity index (χ0v) is 11.8. The Bertz CT molecular complexity index is 450. The van der Waals surface area contributed by atoms with Crippen molar-refractivity contribution in [2.24, 2.45) is 0 Å². The van der Waals surface area contributed by atoms with Crippen LogP contribution in [0, 0.1) is 0 Å². The second-order valence-corrected chi connectivity index (χ2v) is 4.98. The van der Waals surface area contributed by atoms with Gasteiger partial charge in [0, 0.05) is 31.5 Å². The molecule has 0 aliphatic carbocycles. The molecule has 20 heavy (non-hydrogen) atoms. The van der Waals surface area contributed by atoms with Crippen LogP contribution in [0.2, 0.25) is 0 Å². The average molecular weight is 278 g/mol. The van der Waals surface area contributed by atoms with Crippen molar-refractivity contribution in [1.29, 1.82) is 0 Å². The van der Waals surface area contributed by atoms with Gasteiger partial charge in [0.1, 0.15) is 0 Å². The van der Waals surface area contributed by atoms with Crippen molar-refractivity contribution in [3.63, 3.8) is 0 Å². The number of fused-ring (bicyclic) bond motifs is 1. The number of aliphatic hydroxyl groups is 1. The van der Waals surface area contributed by atoms with Gasteiger partial charge in [0.15, 0.2) is 0 Å². The molecule has 0 saturated heterocycles. The van der Waals surface area contributed by atoms with Gasteiger partial charge in [-0.25, -0.2) is 0 Å². The Balaban J connectivity index is 2.04. The molecule has 1 aliphatic heterocycles. The molecule has 0 aromatic heterocycles. The highest BCUT2D eigenvalue weighted by atomic mass is 16.5. The Kier molecular flexibility index (Phi) is 5.38. The standard InChI is InChI=1S/C15H22N2O3/c1-20-10-8-16-15(19)11-17-9-4-7-14(18)12-5-2-3-6-13(12)17/h2-3,5-6,14,18H,4,7-11H2,1H3,(H,16,19). The fraction of sp³-hybridized carbons (Fsp3) is 0.533. The number of nitrogens with one attached hydrogen (secondary N) is 1. The number of hydrogen-bond donors (Lipinski definition) is 2. The van der Waals surface area contributed by atoms with E-state index in [2.05, 4.69) is 5.32 Å². The molecule has 0 saturated carbocycles. The number of methoxy groups -OCH3 is 1. The Morgan fingerprint density at radius 3 is 3.10 bits per heavy atom. The van der Waals surface area contributed by atoms with Gasteiger partial charge in [-0.3, -0.25) is 4.79 Å². The van der Waals surface area contributed by atoms with Gasteiger partial charge in [0.2, 0.25) is 5.91 Å². The molecule has 1 aliphatic rings. The van der Waals surface area contributed by atoms with E-state index in [1.807, 2.05) is 29.2 Å². The van der Waals surface area contributed by atoms with Gasteiger partial charge in [-0.15, -0.1) is 0 Å². The fourth-order valence-electron chi connectivity index (χ4n) is 2.49. The number of para-hydroxylation sites is 1. The largest absolute Gasteiger partial charge is 0.388 e. The van der Waals surface area contributed by atoms with Crippen molar-refractivity contribution in [2.45, 2.75) is 18.9 Å². The minimum absolute atomic E-state index is 0.0201. The van der Waals surface area contributed by atoms with Crippen LogP contribution in [0.25, 0.3) is 0 Å². The van der Waals surface area contributed by atoms with E-state index in [9.17, 15) is 9.90 Å². The number of hydrogen-bond acceptors (Lipinski definition) is 4. The molecule has 0 radical (unpaired) electrons. The maximum Gasteiger partial charge on any atom is 0.239 e. The number of rotatable bonds is 5. The van der Waals surface area contributed by atoms with Gasteiger partial charge in [-0.2, -0.15) is 0 Å². The summed E-state index contributed by atoms with van der Waals surface area (Å²) in [5.74, 6) is -0.0201. The number of ether oxygens (including phenoxy) is 1. The SMILES string of the molecule is COCCNC(=O)CN1CCCC(O)c2ccccc21. The van der Waals surface area contributed by atoms with E-state index in [4.69, 9.17) is 4.74 Å². The summed E-state index contributed by atoms with van der Waals surface area (Å²) in [6.45, 7) is 2.13. The molecule has 1 atom stereocenters. The lowest BCUT2D eigenvalue weighted by atomic mass is 10.0. The maximum absolute atomic E-state index is 11.9. The normalized spacial score (nSPS) is 18.3. The minimum atomic E-state index is -0.437. The smallest absolute Gasteiger partial charge is 0.239 e. The molecule has 5 nitrogen and oxygen atoms in total. The van der Waals surface area contributed by atoms with Crippen molar-refractivity contribution in [1.82, 2.24) is 5.32 Å². The zero-order valence-electron chi connectivity index (χ0n) is 11.8. The molecule has 0 fully saturated rings. The monoisotopic (exact) mass is 278 g/mol. The minimum Gasteiger partial charge on any atom is -0.388 e. The lowest BCUT2D eigenvalue weighted by Gasteiger charge is -2.24. The topological polar surface area (TPSA) is 61.8 Å². The summed E-state index contributed by atoms with van der Waals surface area (Å²) in [6.07, 6.45) is 1.17. The molecular weight excluding hydrogens is 256 g/mol. The van der Waals surface area contributed by atoms with E-state index < -0.39 is 6.10 Å².